The third-order valence-electron chi connectivity index (χ3n) is 6.19. The quantitative estimate of drug-likeness (QED) is 0.396. The Morgan fingerprint density at radius 2 is 2.06 bits per heavy atom. The fourth-order valence-electron chi connectivity index (χ4n) is 4.52. The van der Waals surface area contributed by atoms with E-state index < -0.39 is 0 Å². The van der Waals surface area contributed by atoms with Crippen LogP contribution in [0.15, 0.2) is 42.8 Å². The molecule has 32 heavy (non-hydrogen) atoms. The lowest BCUT2D eigenvalue weighted by molar-refractivity contribution is 0.0177. The Morgan fingerprint density at radius 1 is 1.28 bits per heavy atom. The van der Waals surface area contributed by atoms with E-state index in [0.29, 0.717) is 6.42 Å². The number of aliphatic hydroxyl groups is 2. The smallest absolute Gasteiger partial charge is 0.0587 e. The van der Waals surface area contributed by atoms with Crippen molar-refractivity contribution in [1.82, 2.24) is 14.8 Å². The zero-order valence-corrected chi connectivity index (χ0v) is 19.8. The van der Waals surface area contributed by atoms with E-state index in [0.717, 1.165) is 57.6 Å². The molecule has 1 aromatic rings. The molecule has 0 bridgehead atoms. The first-order chi connectivity index (χ1) is 15.7. The van der Waals surface area contributed by atoms with E-state index in [-0.39, 0.29) is 18.8 Å². The molecule has 0 saturated carbocycles. The second kappa shape index (κ2) is 14.3. The van der Waals surface area contributed by atoms with Crippen molar-refractivity contribution in [3.05, 3.63) is 58.9 Å². The molecule has 6 nitrogen and oxygen atoms in total. The van der Waals surface area contributed by atoms with Gasteiger partial charge in [0.15, 0.2) is 0 Å². The highest BCUT2D eigenvalue weighted by molar-refractivity contribution is 6.04. The van der Waals surface area contributed by atoms with Gasteiger partial charge in [0, 0.05) is 49.5 Å². The standard InChI is InChI=1S/C25H37N3O2.ClHO/c1-3-5-8-21(4-2)26-13-16-28-18-20(24-9-6-7-10-25(24)28)11-14-27-15-12-23(30)17-22(27)19-29;1-2/h3-5,8-10,18,22-23,26,29-30H,1,6-7,11-17,19H2,2H3;2H/b8-5-,21-4+;. The van der Waals surface area contributed by atoms with Crippen molar-refractivity contribution in [1.29, 1.82) is 0 Å². The lowest BCUT2D eigenvalue weighted by atomic mass is 9.99. The molecule has 4 N–H and O–H groups in total. The number of piperidine rings is 1. The molecule has 0 amide bonds. The van der Waals surface area contributed by atoms with Crippen LogP contribution in [0.2, 0.25) is 0 Å². The summed E-state index contributed by atoms with van der Waals surface area (Å²) in [6.07, 6.45) is 19.3. The maximum Gasteiger partial charge on any atom is 0.0587 e. The zero-order valence-electron chi connectivity index (χ0n) is 19.1. The summed E-state index contributed by atoms with van der Waals surface area (Å²) in [7, 11) is 0. The maximum atomic E-state index is 9.89. The number of halogens is 1. The zero-order chi connectivity index (χ0) is 23.3. The summed E-state index contributed by atoms with van der Waals surface area (Å²) in [6, 6.07) is 0.0780. The topological polar surface area (TPSA) is 80.9 Å². The average Bonchev–Trinajstić information content (AvgIpc) is 3.19. The number of aliphatic hydroxyl groups excluding tert-OH is 2. The Morgan fingerprint density at radius 3 is 2.78 bits per heavy atom. The SMILES string of the molecule is C=C/C=C\C(=C/C)NCCn1cc(CCN2CCC(O)CC2CO)c2c1=CCCC=2.OCl. The molecule has 1 fully saturated rings. The van der Waals surface area contributed by atoms with Crippen LogP contribution in [-0.4, -0.2) is 62.7 Å². The summed E-state index contributed by atoms with van der Waals surface area (Å²) in [5.41, 5.74) is 2.50. The van der Waals surface area contributed by atoms with Crippen LogP contribution < -0.4 is 15.9 Å². The van der Waals surface area contributed by atoms with Gasteiger partial charge in [-0.1, -0.05) is 37.0 Å². The van der Waals surface area contributed by atoms with E-state index >= 15 is 0 Å². The second-order valence-electron chi connectivity index (χ2n) is 8.20. The van der Waals surface area contributed by atoms with Gasteiger partial charge in [-0.25, -0.2) is 0 Å². The van der Waals surface area contributed by atoms with Crippen molar-refractivity contribution in [3.63, 3.8) is 0 Å². The molecule has 7 heteroatoms. The Labute approximate surface area is 196 Å². The summed E-state index contributed by atoms with van der Waals surface area (Å²) in [4.78, 5) is 2.34. The van der Waals surface area contributed by atoms with Gasteiger partial charge in [0.1, 0.15) is 0 Å². The summed E-state index contributed by atoms with van der Waals surface area (Å²) in [5, 5.41) is 25.8. The minimum atomic E-state index is -0.272. The first kappa shape index (κ1) is 26.4. The molecule has 1 saturated heterocycles. The van der Waals surface area contributed by atoms with Crippen molar-refractivity contribution in [2.75, 3.05) is 26.2 Å². The van der Waals surface area contributed by atoms with Gasteiger partial charge >= 0.3 is 0 Å². The molecule has 3 rings (SSSR count). The number of hydrogen-bond donors (Lipinski definition) is 4. The molecular weight excluding hydrogens is 426 g/mol. The van der Waals surface area contributed by atoms with Crippen LogP contribution in [0.4, 0.5) is 0 Å². The number of likely N-dealkylation sites (tertiary alicyclic amines) is 1. The fraction of sp³-hybridized carbons (Fsp3) is 0.520. The minimum Gasteiger partial charge on any atom is -0.395 e. The molecule has 0 radical (unpaired) electrons. The summed E-state index contributed by atoms with van der Waals surface area (Å²) >= 11 is 3.64. The van der Waals surface area contributed by atoms with Crippen LogP contribution in [0.25, 0.3) is 12.2 Å². The first-order valence-corrected chi connectivity index (χ1v) is 11.8. The second-order valence-corrected chi connectivity index (χ2v) is 8.20. The number of aromatic nitrogens is 1. The molecule has 0 spiro atoms. The predicted molar refractivity (Wildman–Crippen MR) is 132 cm³/mol. The van der Waals surface area contributed by atoms with Gasteiger partial charge in [0.2, 0.25) is 0 Å². The van der Waals surface area contributed by atoms with Gasteiger partial charge < -0.3 is 20.1 Å². The molecule has 1 aromatic heterocycles. The molecule has 2 aliphatic rings. The van der Waals surface area contributed by atoms with Crippen molar-refractivity contribution in [3.8, 4) is 0 Å². The monoisotopic (exact) mass is 463 g/mol. The van der Waals surface area contributed by atoms with E-state index in [1.54, 1.807) is 6.08 Å². The number of rotatable bonds is 10. The Bertz CT molecular complexity index is 891. The largest absolute Gasteiger partial charge is 0.395 e. The van der Waals surface area contributed by atoms with Crippen LogP contribution in [0.3, 0.4) is 0 Å². The van der Waals surface area contributed by atoms with Crippen molar-refractivity contribution in [2.24, 2.45) is 0 Å². The summed E-state index contributed by atoms with van der Waals surface area (Å²) < 4.78 is 8.85. The van der Waals surface area contributed by atoms with Crippen LogP contribution in [-0.2, 0) is 13.0 Å². The van der Waals surface area contributed by atoms with E-state index in [9.17, 15) is 10.2 Å². The Balaban J connectivity index is 0.00000176. The van der Waals surface area contributed by atoms with Gasteiger partial charge in [0.25, 0.3) is 0 Å². The lowest BCUT2D eigenvalue weighted by Crippen LogP contribution is -2.47. The van der Waals surface area contributed by atoms with Crippen molar-refractivity contribution >= 4 is 24.0 Å². The van der Waals surface area contributed by atoms with Gasteiger partial charge in [-0.15, -0.1) is 0 Å². The Hall–Kier alpha value is -1.83. The van der Waals surface area contributed by atoms with Gasteiger partial charge in [-0.3, -0.25) is 9.56 Å². The van der Waals surface area contributed by atoms with E-state index in [4.69, 9.17) is 4.66 Å². The van der Waals surface area contributed by atoms with E-state index in [2.05, 4.69) is 57.7 Å². The van der Waals surface area contributed by atoms with Crippen LogP contribution in [0.1, 0.15) is 38.2 Å². The maximum absolute atomic E-state index is 9.89. The number of fused-ring (bicyclic) bond motifs is 1. The van der Waals surface area contributed by atoms with Gasteiger partial charge in [-0.2, -0.15) is 0 Å². The van der Waals surface area contributed by atoms with Crippen molar-refractivity contribution in [2.45, 2.75) is 57.7 Å². The van der Waals surface area contributed by atoms with Crippen molar-refractivity contribution < 1.29 is 14.9 Å². The summed E-state index contributed by atoms with van der Waals surface area (Å²) in [5.74, 6) is 0. The third kappa shape index (κ3) is 7.36. The highest BCUT2D eigenvalue weighted by atomic mass is 35.5. The van der Waals surface area contributed by atoms with E-state index in [1.165, 1.54) is 16.1 Å². The third-order valence-corrected chi connectivity index (χ3v) is 6.19. The van der Waals surface area contributed by atoms with Crippen LogP contribution in [0, 0.1) is 0 Å². The highest BCUT2D eigenvalue weighted by Gasteiger charge is 2.26. The lowest BCUT2D eigenvalue weighted by Gasteiger charge is -2.36. The highest BCUT2D eigenvalue weighted by Crippen LogP contribution is 2.17. The molecule has 1 aliphatic heterocycles. The molecule has 0 aromatic carbocycles. The number of hydrogen-bond acceptors (Lipinski definition) is 5. The van der Waals surface area contributed by atoms with Gasteiger partial charge in [0.05, 0.1) is 24.6 Å². The molecule has 178 valence electrons. The summed E-state index contributed by atoms with van der Waals surface area (Å²) in [6.45, 7) is 9.45. The fourth-order valence-corrected chi connectivity index (χ4v) is 4.52. The van der Waals surface area contributed by atoms with E-state index in [1.807, 2.05) is 19.1 Å². The number of allylic oxidation sites excluding steroid dienone is 4. The van der Waals surface area contributed by atoms with Gasteiger partial charge in [-0.05, 0) is 55.9 Å². The molecule has 2 heterocycles. The minimum absolute atomic E-state index is 0.0780. The normalized spacial score (nSPS) is 21.2. The average molecular weight is 464 g/mol. The molecule has 2 unspecified atom stereocenters. The molecular formula is C25H38ClN3O3. The predicted octanol–water partition coefficient (Wildman–Crippen LogP) is 1.57. The van der Waals surface area contributed by atoms with Crippen LogP contribution in [0.5, 0.6) is 0 Å². The number of nitrogens with one attached hydrogen (secondary N) is 1. The Kier molecular flexibility index (Phi) is 11.8. The molecule has 1 aliphatic carbocycles. The van der Waals surface area contributed by atoms with Crippen LogP contribution >= 0.6 is 11.9 Å². The molecule has 2 atom stereocenters. The first-order valence-electron chi connectivity index (χ1n) is 11.4. The number of nitrogens with zero attached hydrogens (tertiary/aromatic N) is 2.